The van der Waals surface area contributed by atoms with E-state index in [2.05, 4.69) is 21.7 Å². The van der Waals surface area contributed by atoms with Crippen LogP contribution >= 0.6 is 11.8 Å². The highest BCUT2D eigenvalue weighted by atomic mass is 32.2. The van der Waals surface area contributed by atoms with Crippen molar-refractivity contribution in [2.45, 2.75) is 19.0 Å². The van der Waals surface area contributed by atoms with E-state index in [4.69, 9.17) is 12.6 Å². The normalized spacial score (nSPS) is 10.7. The van der Waals surface area contributed by atoms with E-state index >= 15 is 0 Å². The number of hydrogen-bond acceptors (Lipinski definition) is 6. The number of fused-ring (bicyclic) bond motifs is 1. The first kappa shape index (κ1) is 23.4. The Morgan fingerprint density at radius 1 is 1.06 bits per heavy atom. The van der Waals surface area contributed by atoms with Crippen LogP contribution in [0.2, 0.25) is 0 Å². The Bertz CT molecular complexity index is 1150. The number of imidazole rings is 1. The van der Waals surface area contributed by atoms with Crippen LogP contribution in [0.1, 0.15) is 12.5 Å². The summed E-state index contributed by atoms with van der Waals surface area (Å²) in [7, 11) is 6.18. The Labute approximate surface area is 191 Å². The van der Waals surface area contributed by atoms with Gasteiger partial charge in [0, 0.05) is 11.6 Å². The van der Waals surface area contributed by atoms with E-state index in [1.807, 2.05) is 41.8 Å². The van der Waals surface area contributed by atoms with Crippen LogP contribution in [0.25, 0.3) is 16.5 Å². The number of rotatable bonds is 9. The SMILES string of the molecule is [B]c1cnc(SCC(=O)NCC(=O)NCC(=O)OCC)n1-c1ccc(C)c2ccccc12. The molecule has 3 rings (SSSR count). The molecule has 0 spiro atoms. The lowest BCUT2D eigenvalue weighted by molar-refractivity contribution is -0.143. The van der Waals surface area contributed by atoms with Gasteiger partial charge in [-0.15, -0.1) is 0 Å². The second kappa shape index (κ2) is 10.9. The smallest absolute Gasteiger partial charge is 0.325 e. The highest BCUT2D eigenvalue weighted by Gasteiger charge is 2.15. The molecule has 164 valence electrons. The average molecular weight is 450 g/mol. The van der Waals surface area contributed by atoms with Crippen molar-refractivity contribution >= 4 is 53.8 Å². The van der Waals surface area contributed by atoms with E-state index in [0.717, 1.165) is 22.0 Å². The predicted molar refractivity (Wildman–Crippen MR) is 125 cm³/mol. The maximum Gasteiger partial charge on any atom is 0.325 e. The van der Waals surface area contributed by atoms with Crippen LogP contribution in [0.5, 0.6) is 0 Å². The van der Waals surface area contributed by atoms with Crippen molar-refractivity contribution in [3.05, 3.63) is 48.2 Å². The molecule has 0 bridgehead atoms. The number of benzene rings is 2. The molecule has 0 atom stereocenters. The molecular weight excluding hydrogens is 427 g/mol. The predicted octanol–water partition coefficient (Wildman–Crippen LogP) is 1.02. The van der Waals surface area contributed by atoms with Crippen LogP contribution in [-0.2, 0) is 19.1 Å². The van der Waals surface area contributed by atoms with Crippen molar-refractivity contribution in [3.8, 4) is 5.69 Å². The first-order chi connectivity index (χ1) is 15.4. The van der Waals surface area contributed by atoms with E-state index in [1.54, 1.807) is 13.1 Å². The zero-order chi connectivity index (χ0) is 23.1. The molecule has 2 radical (unpaired) electrons. The van der Waals surface area contributed by atoms with E-state index in [0.29, 0.717) is 10.7 Å². The topological polar surface area (TPSA) is 102 Å². The molecule has 2 N–H and O–H groups in total. The average Bonchev–Trinajstić information content (AvgIpc) is 3.15. The second-order valence-electron chi connectivity index (χ2n) is 6.90. The van der Waals surface area contributed by atoms with Gasteiger partial charge in [-0.25, -0.2) is 4.98 Å². The third-order valence-electron chi connectivity index (χ3n) is 4.63. The third-order valence-corrected chi connectivity index (χ3v) is 5.58. The van der Waals surface area contributed by atoms with Crippen LogP contribution in [0.15, 0.2) is 47.8 Å². The van der Waals surface area contributed by atoms with Crippen molar-refractivity contribution in [2.24, 2.45) is 0 Å². The molecule has 1 aromatic heterocycles. The number of carbonyl (C=O) groups is 3. The molecule has 0 aliphatic carbocycles. The Morgan fingerprint density at radius 3 is 2.53 bits per heavy atom. The minimum absolute atomic E-state index is 0.0470. The molecule has 10 heteroatoms. The van der Waals surface area contributed by atoms with Gasteiger partial charge in [0.2, 0.25) is 11.8 Å². The van der Waals surface area contributed by atoms with E-state index in [1.165, 1.54) is 11.8 Å². The van der Waals surface area contributed by atoms with Crippen molar-refractivity contribution in [1.29, 1.82) is 0 Å². The molecule has 3 aromatic rings. The maximum absolute atomic E-state index is 12.2. The zero-order valence-corrected chi connectivity index (χ0v) is 18.7. The minimum Gasteiger partial charge on any atom is -0.465 e. The minimum atomic E-state index is -0.532. The van der Waals surface area contributed by atoms with Crippen LogP contribution in [-0.4, -0.2) is 60.6 Å². The van der Waals surface area contributed by atoms with Gasteiger partial charge in [-0.1, -0.05) is 42.1 Å². The summed E-state index contributed by atoms with van der Waals surface area (Å²) in [5, 5.41) is 7.61. The summed E-state index contributed by atoms with van der Waals surface area (Å²) in [4.78, 5) is 39.5. The van der Waals surface area contributed by atoms with Gasteiger partial charge in [-0.2, -0.15) is 0 Å². The van der Waals surface area contributed by atoms with Gasteiger partial charge in [0.1, 0.15) is 14.4 Å². The van der Waals surface area contributed by atoms with Gasteiger partial charge in [-0.05, 0) is 36.5 Å². The van der Waals surface area contributed by atoms with E-state index in [9.17, 15) is 14.4 Å². The van der Waals surface area contributed by atoms with Gasteiger partial charge in [0.15, 0.2) is 5.16 Å². The number of carbonyl (C=O) groups excluding carboxylic acids is 3. The lowest BCUT2D eigenvalue weighted by Crippen LogP contribution is -2.40. The molecule has 2 amide bonds. The summed E-state index contributed by atoms with van der Waals surface area (Å²) in [6, 6.07) is 12.0. The quantitative estimate of drug-likeness (QED) is 0.287. The first-order valence-electron chi connectivity index (χ1n) is 10.0. The van der Waals surface area contributed by atoms with Crippen LogP contribution < -0.4 is 16.2 Å². The van der Waals surface area contributed by atoms with E-state index < -0.39 is 11.9 Å². The molecule has 0 fully saturated rings. The van der Waals surface area contributed by atoms with Gasteiger partial charge in [0.25, 0.3) is 0 Å². The van der Waals surface area contributed by atoms with Gasteiger partial charge >= 0.3 is 5.97 Å². The molecule has 8 nitrogen and oxygen atoms in total. The fraction of sp³-hybridized carbons (Fsp3) is 0.273. The van der Waals surface area contributed by atoms with Crippen molar-refractivity contribution in [2.75, 3.05) is 25.4 Å². The highest BCUT2D eigenvalue weighted by Crippen LogP contribution is 2.27. The number of thioether (sulfide) groups is 1. The van der Waals surface area contributed by atoms with Crippen molar-refractivity contribution in [1.82, 2.24) is 20.2 Å². The summed E-state index contributed by atoms with van der Waals surface area (Å²) in [6.45, 7) is 3.49. The Balaban J connectivity index is 1.62. The number of aryl methyl sites for hydroxylation is 1. The Morgan fingerprint density at radius 2 is 1.78 bits per heavy atom. The van der Waals surface area contributed by atoms with Gasteiger partial charge in [0.05, 0.1) is 24.6 Å². The summed E-state index contributed by atoms with van der Waals surface area (Å²) >= 11 is 1.21. The summed E-state index contributed by atoms with van der Waals surface area (Å²) in [5.41, 5.74) is 2.49. The number of nitrogens with zero attached hydrogens (tertiary/aromatic N) is 2. The lowest BCUT2D eigenvalue weighted by atomic mass is 10.0. The third kappa shape index (κ3) is 5.70. The fourth-order valence-corrected chi connectivity index (χ4v) is 3.95. The monoisotopic (exact) mass is 450 g/mol. The molecule has 2 aromatic carbocycles. The molecule has 0 saturated heterocycles. The van der Waals surface area contributed by atoms with Crippen LogP contribution in [0.4, 0.5) is 0 Å². The van der Waals surface area contributed by atoms with Crippen LogP contribution in [0.3, 0.4) is 0 Å². The number of nitrogens with one attached hydrogen (secondary N) is 2. The number of hydrogen-bond donors (Lipinski definition) is 2. The lowest BCUT2D eigenvalue weighted by Gasteiger charge is -2.14. The van der Waals surface area contributed by atoms with Gasteiger partial charge < -0.3 is 19.9 Å². The van der Waals surface area contributed by atoms with Gasteiger partial charge in [-0.3, -0.25) is 14.4 Å². The van der Waals surface area contributed by atoms with E-state index in [-0.39, 0.29) is 31.4 Å². The van der Waals surface area contributed by atoms with Crippen molar-refractivity contribution < 1.29 is 19.1 Å². The van der Waals surface area contributed by atoms with Crippen LogP contribution in [0, 0.1) is 6.92 Å². The zero-order valence-electron chi connectivity index (χ0n) is 17.9. The Kier molecular flexibility index (Phi) is 7.94. The number of amides is 2. The number of ether oxygens (including phenoxy) is 1. The molecule has 1 heterocycles. The molecule has 0 aliphatic rings. The number of aromatic nitrogens is 2. The molecule has 0 aliphatic heterocycles. The summed E-state index contributed by atoms with van der Waals surface area (Å²) in [5.74, 6) is -1.31. The molecule has 0 saturated carbocycles. The largest absolute Gasteiger partial charge is 0.465 e. The standard InChI is InChI=1S/C22H23BN4O4S/c1-3-31-21(30)12-25-19(28)11-24-20(29)13-32-22-26-10-18(23)27(22)17-9-8-14(2)15-6-4-5-7-16(15)17/h4-10H,3,11-13H2,1-2H3,(H,24,29)(H,25,28). The second-order valence-corrected chi connectivity index (χ2v) is 7.84. The summed E-state index contributed by atoms with van der Waals surface area (Å²) in [6.07, 6.45) is 1.55. The molecule has 32 heavy (non-hydrogen) atoms. The number of esters is 1. The van der Waals surface area contributed by atoms with Crippen molar-refractivity contribution in [3.63, 3.8) is 0 Å². The molecular formula is C22H23BN4O4S. The fourth-order valence-electron chi connectivity index (χ4n) is 3.13. The first-order valence-corrected chi connectivity index (χ1v) is 11.0. The highest BCUT2D eigenvalue weighted by molar-refractivity contribution is 7.99. The summed E-state index contributed by atoms with van der Waals surface area (Å²) < 4.78 is 6.54. The maximum atomic E-state index is 12.2. The Hall–Kier alpha value is -3.27. The molecule has 0 unspecified atom stereocenters.